The number of amides is 2. The van der Waals surface area contributed by atoms with Crippen LogP contribution in [0.4, 0.5) is 0 Å². The number of fused-ring (bicyclic) bond motifs is 1. The van der Waals surface area contributed by atoms with E-state index < -0.39 is 29.2 Å². The molecule has 29 heavy (non-hydrogen) atoms. The van der Waals surface area contributed by atoms with Gasteiger partial charge < -0.3 is 10.8 Å². The van der Waals surface area contributed by atoms with Crippen LogP contribution in [0.3, 0.4) is 0 Å². The van der Waals surface area contributed by atoms with Gasteiger partial charge in [-0.3, -0.25) is 14.5 Å². The largest absolute Gasteiger partial charge is 0.477 e. The van der Waals surface area contributed by atoms with Crippen LogP contribution in [0.1, 0.15) is 6.92 Å². The first-order valence-electron chi connectivity index (χ1n) is 8.28. The number of rotatable bonds is 6. The number of aliphatic carboxylic acids is 1. The molecule has 0 aromatic heterocycles. The monoisotopic (exact) mass is 474 g/mol. The number of amidine groups is 1. The SMILES string of the molecule is CC(=O)N(N=C(N)CSc1ccc(Cl)cc1)C1C(=O)N2C(C(=O)O)=C(Cl)CS[C@H]12. The van der Waals surface area contributed by atoms with Gasteiger partial charge in [-0.2, -0.15) is 5.10 Å². The first kappa shape index (κ1) is 21.8. The Morgan fingerprint density at radius 3 is 2.62 bits per heavy atom. The zero-order valence-electron chi connectivity index (χ0n) is 15.0. The Kier molecular flexibility index (Phi) is 6.67. The van der Waals surface area contributed by atoms with Gasteiger partial charge in [0, 0.05) is 22.6 Å². The first-order chi connectivity index (χ1) is 13.7. The molecule has 1 unspecified atom stereocenters. The summed E-state index contributed by atoms with van der Waals surface area (Å²) in [5, 5.41) is 14.6. The number of carbonyl (C=O) groups is 3. The van der Waals surface area contributed by atoms with Gasteiger partial charge in [0.05, 0.1) is 10.8 Å². The minimum absolute atomic E-state index is 0.0855. The summed E-state index contributed by atoms with van der Waals surface area (Å²) in [6, 6.07) is 6.23. The summed E-state index contributed by atoms with van der Waals surface area (Å²) in [6.45, 7) is 1.27. The van der Waals surface area contributed by atoms with Gasteiger partial charge >= 0.3 is 5.97 Å². The molecule has 0 saturated carbocycles. The highest BCUT2D eigenvalue weighted by molar-refractivity contribution is 8.00. The fourth-order valence-corrected chi connectivity index (χ4v) is 5.25. The van der Waals surface area contributed by atoms with E-state index in [0.717, 1.165) is 14.8 Å². The van der Waals surface area contributed by atoms with Crippen molar-refractivity contribution in [1.29, 1.82) is 0 Å². The van der Waals surface area contributed by atoms with Gasteiger partial charge in [-0.1, -0.05) is 23.2 Å². The van der Waals surface area contributed by atoms with Crippen LogP contribution in [-0.2, 0) is 14.4 Å². The Hall–Kier alpha value is -1.88. The van der Waals surface area contributed by atoms with Crippen molar-refractivity contribution in [1.82, 2.24) is 9.91 Å². The summed E-state index contributed by atoms with van der Waals surface area (Å²) in [5.41, 5.74) is 5.72. The van der Waals surface area contributed by atoms with Gasteiger partial charge in [0.25, 0.3) is 5.91 Å². The number of β-lactam (4-membered cyclic amide) rings is 1. The van der Waals surface area contributed by atoms with E-state index in [2.05, 4.69) is 5.10 Å². The first-order valence-corrected chi connectivity index (χ1v) is 11.1. The van der Waals surface area contributed by atoms with Crippen LogP contribution < -0.4 is 5.73 Å². The number of thioether (sulfide) groups is 2. The van der Waals surface area contributed by atoms with Crippen molar-refractivity contribution in [3.63, 3.8) is 0 Å². The summed E-state index contributed by atoms with van der Waals surface area (Å²) in [6.07, 6.45) is 0. The Balaban J connectivity index is 1.74. The second kappa shape index (κ2) is 8.86. The van der Waals surface area contributed by atoms with E-state index in [-0.39, 0.29) is 22.3 Å². The second-order valence-corrected chi connectivity index (χ2v) is 9.16. The molecule has 3 rings (SSSR count). The Morgan fingerprint density at radius 1 is 1.38 bits per heavy atom. The number of carboxylic acid groups (broad SMARTS) is 1. The standard InChI is InChI=1S/C17H16Cl2N4O4S2/c1-8(24)23(21-12(20)7-28-10-4-2-9(18)3-5-10)14-15(25)22-13(17(26)27)11(19)6-29-16(14)22/h2-5,14,16H,6-7H2,1H3,(H2,20,21)(H,26,27)/t14?,16-/m1/s1. The van der Waals surface area contributed by atoms with Gasteiger partial charge in [0.2, 0.25) is 5.91 Å². The molecule has 2 atom stereocenters. The van der Waals surface area contributed by atoms with E-state index in [1.165, 1.54) is 30.4 Å². The zero-order valence-corrected chi connectivity index (χ0v) is 18.2. The summed E-state index contributed by atoms with van der Waals surface area (Å²) in [7, 11) is 0. The van der Waals surface area contributed by atoms with Crippen molar-refractivity contribution in [2.45, 2.75) is 23.2 Å². The normalized spacial score (nSPS) is 21.6. The molecule has 2 aliphatic heterocycles. The number of nitrogens with zero attached hydrogens (tertiary/aromatic N) is 3. The van der Waals surface area contributed by atoms with E-state index in [9.17, 15) is 19.5 Å². The smallest absolute Gasteiger partial charge is 0.353 e. The number of benzene rings is 1. The van der Waals surface area contributed by atoms with Crippen molar-refractivity contribution in [3.05, 3.63) is 40.0 Å². The number of hydrogen-bond acceptors (Lipinski definition) is 6. The Labute approximate surface area is 185 Å². The van der Waals surface area contributed by atoms with Crippen LogP contribution in [0.5, 0.6) is 0 Å². The fourth-order valence-electron chi connectivity index (χ4n) is 2.84. The third-order valence-corrected chi connectivity index (χ3v) is 7.15. The summed E-state index contributed by atoms with van der Waals surface area (Å²) >= 11 is 14.5. The molecular formula is C17H16Cl2N4O4S2. The predicted molar refractivity (Wildman–Crippen MR) is 114 cm³/mol. The average molecular weight is 475 g/mol. The maximum Gasteiger partial charge on any atom is 0.353 e. The van der Waals surface area contributed by atoms with E-state index in [1.807, 2.05) is 12.1 Å². The molecule has 2 aliphatic rings. The molecule has 3 N–H and O–H groups in total. The van der Waals surface area contributed by atoms with Crippen molar-refractivity contribution < 1.29 is 19.5 Å². The third-order valence-electron chi connectivity index (χ3n) is 4.12. The number of halogens is 2. The Bertz CT molecular complexity index is 923. The Morgan fingerprint density at radius 2 is 2.03 bits per heavy atom. The van der Waals surface area contributed by atoms with Crippen LogP contribution >= 0.6 is 46.7 Å². The number of hydrogen-bond donors (Lipinski definition) is 2. The van der Waals surface area contributed by atoms with E-state index >= 15 is 0 Å². The number of hydrazone groups is 1. The predicted octanol–water partition coefficient (Wildman–Crippen LogP) is 2.37. The molecule has 2 heterocycles. The lowest BCUT2D eigenvalue weighted by Gasteiger charge is -2.50. The summed E-state index contributed by atoms with van der Waals surface area (Å²) < 4.78 is 0. The highest BCUT2D eigenvalue weighted by Crippen LogP contribution is 2.43. The number of carboxylic acids is 1. The molecule has 12 heteroatoms. The average Bonchev–Trinajstić information content (AvgIpc) is 2.66. The van der Waals surface area contributed by atoms with Crippen LogP contribution in [0, 0.1) is 0 Å². The lowest BCUT2D eigenvalue weighted by molar-refractivity contribution is -0.159. The van der Waals surface area contributed by atoms with Gasteiger partial charge in [-0.25, -0.2) is 9.80 Å². The van der Waals surface area contributed by atoms with E-state index in [1.54, 1.807) is 12.1 Å². The molecule has 0 spiro atoms. The molecule has 8 nitrogen and oxygen atoms in total. The summed E-state index contributed by atoms with van der Waals surface area (Å²) in [4.78, 5) is 38.2. The molecule has 0 aliphatic carbocycles. The van der Waals surface area contributed by atoms with Crippen molar-refractivity contribution in [2.75, 3.05) is 11.5 Å². The third kappa shape index (κ3) is 4.50. The van der Waals surface area contributed by atoms with Crippen molar-refractivity contribution in [2.24, 2.45) is 10.8 Å². The maximum atomic E-state index is 12.6. The van der Waals surface area contributed by atoms with Gasteiger partial charge in [-0.15, -0.1) is 23.5 Å². The van der Waals surface area contributed by atoms with E-state index in [0.29, 0.717) is 10.8 Å². The molecule has 154 valence electrons. The van der Waals surface area contributed by atoms with Crippen molar-refractivity contribution in [3.8, 4) is 0 Å². The van der Waals surface area contributed by atoms with Crippen LogP contribution in [0.15, 0.2) is 45.0 Å². The van der Waals surface area contributed by atoms with Crippen LogP contribution in [0.25, 0.3) is 0 Å². The molecular weight excluding hydrogens is 459 g/mol. The maximum absolute atomic E-state index is 12.6. The molecule has 1 aromatic rings. The quantitative estimate of drug-likeness (QED) is 0.213. The highest BCUT2D eigenvalue weighted by Gasteiger charge is 2.57. The van der Waals surface area contributed by atoms with Gasteiger partial charge in [-0.05, 0) is 24.3 Å². The lowest BCUT2D eigenvalue weighted by atomic mass is 10.0. The molecule has 0 bridgehead atoms. The van der Waals surface area contributed by atoms with Crippen LogP contribution in [0.2, 0.25) is 5.02 Å². The van der Waals surface area contributed by atoms with E-state index in [4.69, 9.17) is 28.9 Å². The minimum Gasteiger partial charge on any atom is -0.477 e. The second-order valence-electron chi connectivity index (χ2n) is 6.11. The summed E-state index contributed by atoms with van der Waals surface area (Å²) in [5.74, 6) is -1.65. The lowest BCUT2D eigenvalue weighted by Crippen LogP contribution is -2.70. The molecule has 2 amide bonds. The number of nitrogens with two attached hydrogens (primary N) is 1. The molecule has 0 radical (unpaired) electrons. The number of carbonyl (C=O) groups excluding carboxylic acids is 2. The van der Waals surface area contributed by atoms with Gasteiger partial charge in [0.15, 0.2) is 6.04 Å². The highest BCUT2D eigenvalue weighted by atomic mass is 35.5. The van der Waals surface area contributed by atoms with Crippen LogP contribution in [-0.4, -0.2) is 61.6 Å². The minimum atomic E-state index is -1.29. The van der Waals surface area contributed by atoms with Crippen molar-refractivity contribution >= 4 is 70.3 Å². The zero-order chi connectivity index (χ0) is 21.3. The molecule has 1 saturated heterocycles. The fraction of sp³-hybridized carbons (Fsp3) is 0.294. The molecule has 1 aromatic carbocycles. The topological polar surface area (TPSA) is 116 Å². The van der Waals surface area contributed by atoms with Gasteiger partial charge in [0.1, 0.15) is 16.9 Å². The molecule has 1 fully saturated rings.